The van der Waals surface area contributed by atoms with Crippen LogP contribution in [0.3, 0.4) is 0 Å². The summed E-state index contributed by atoms with van der Waals surface area (Å²) < 4.78 is 25.1. The monoisotopic (exact) mass is 600 g/mol. The van der Waals surface area contributed by atoms with Gasteiger partial charge >= 0.3 is 0 Å². The van der Waals surface area contributed by atoms with E-state index in [-0.39, 0.29) is 17.6 Å². The molecule has 0 bridgehead atoms. The Balaban J connectivity index is 1.15. The van der Waals surface area contributed by atoms with Gasteiger partial charge in [0.25, 0.3) is 5.91 Å². The highest BCUT2D eigenvalue weighted by Crippen LogP contribution is 2.48. The van der Waals surface area contributed by atoms with Crippen molar-refractivity contribution in [1.82, 2.24) is 15.1 Å². The minimum absolute atomic E-state index is 0.0353. The number of carbonyl (C=O) groups is 2. The Morgan fingerprint density at radius 3 is 2.34 bits per heavy atom. The van der Waals surface area contributed by atoms with Crippen LogP contribution in [0.15, 0.2) is 60.7 Å². The van der Waals surface area contributed by atoms with Gasteiger partial charge in [0.15, 0.2) is 11.5 Å². The number of carbonyl (C=O) groups excluding carboxylic acids is 2. The van der Waals surface area contributed by atoms with Gasteiger partial charge in [-0.25, -0.2) is 4.39 Å². The first-order chi connectivity index (χ1) is 21.5. The molecule has 3 heterocycles. The summed E-state index contributed by atoms with van der Waals surface area (Å²) in [5, 5.41) is 3.22. The Bertz CT molecular complexity index is 1490. The number of piperazine rings is 1. The maximum Gasteiger partial charge on any atom is 0.254 e. The average molecular weight is 601 g/mol. The topological polar surface area (TPSA) is 74.4 Å². The second-order valence-electron chi connectivity index (χ2n) is 11.6. The molecule has 0 spiro atoms. The van der Waals surface area contributed by atoms with Gasteiger partial charge in [0.05, 0.1) is 25.2 Å². The molecule has 0 saturated carbocycles. The van der Waals surface area contributed by atoms with Crippen LogP contribution >= 0.6 is 0 Å². The second kappa shape index (κ2) is 13.3. The van der Waals surface area contributed by atoms with Gasteiger partial charge < -0.3 is 24.6 Å². The molecule has 6 rings (SSSR count). The first-order valence-corrected chi connectivity index (χ1v) is 15.8. The Morgan fingerprint density at radius 2 is 1.61 bits per heavy atom. The molecule has 0 radical (unpaired) electrons. The maximum absolute atomic E-state index is 14.0. The lowest BCUT2D eigenvalue weighted by atomic mass is 9.75. The summed E-state index contributed by atoms with van der Waals surface area (Å²) in [5.74, 6) is 0.481. The molecule has 8 nitrogen and oxygen atoms in total. The fourth-order valence-electron chi connectivity index (χ4n) is 6.86. The quantitative estimate of drug-likeness (QED) is 0.338. The van der Waals surface area contributed by atoms with E-state index in [1.165, 1.54) is 12.1 Å². The lowest BCUT2D eigenvalue weighted by Gasteiger charge is -2.45. The molecule has 1 saturated heterocycles. The number of nitrogens with zero attached hydrogens (tertiary/aromatic N) is 3. The predicted molar refractivity (Wildman–Crippen MR) is 168 cm³/mol. The summed E-state index contributed by atoms with van der Waals surface area (Å²) in [6.07, 6.45) is 1.52. The Hall–Kier alpha value is -4.11. The van der Waals surface area contributed by atoms with E-state index in [4.69, 9.17) is 9.47 Å². The third-order valence-corrected chi connectivity index (χ3v) is 8.98. The molecule has 44 heavy (non-hydrogen) atoms. The van der Waals surface area contributed by atoms with E-state index in [1.807, 2.05) is 67.3 Å². The molecule has 0 aromatic heterocycles. The van der Waals surface area contributed by atoms with E-state index >= 15 is 0 Å². The Kier molecular flexibility index (Phi) is 9.02. The van der Waals surface area contributed by atoms with Gasteiger partial charge in [-0.2, -0.15) is 0 Å². The smallest absolute Gasteiger partial charge is 0.254 e. The third-order valence-electron chi connectivity index (χ3n) is 8.98. The number of hydrogen-bond acceptors (Lipinski definition) is 6. The number of benzene rings is 3. The van der Waals surface area contributed by atoms with Crippen LogP contribution in [0.4, 0.5) is 10.1 Å². The van der Waals surface area contributed by atoms with E-state index in [2.05, 4.69) is 15.1 Å². The molecule has 2 amide bonds. The lowest BCUT2D eigenvalue weighted by Crippen LogP contribution is -2.50. The van der Waals surface area contributed by atoms with E-state index in [1.54, 1.807) is 0 Å². The van der Waals surface area contributed by atoms with Crippen LogP contribution in [-0.2, 0) is 11.2 Å². The fourth-order valence-corrected chi connectivity index (χ4v) is 6.86. The van der Waals surface area contributed by atoms with Gasteiger partial charge in [-0.15, -0.1) is 0 Å². The van der Waals surface area contributed by atoms with Crippen molar-refractivity contribution >= 4 is 17.5 Å². The van der Waals surface area contributed by atoms with Crippen LogP contribution in [0.2, 0.25) is 0 Å². The summed E-state index contributed by atoms with van der Waals surface area (Å²) in [7, 11) is 0. The molecule has 2 atom stereocenters. The van der Waals surface area contributed by atoms with Crippen LogP contribution in [-0.4, -0.2) is 80.6 Å². The molecule has 1 fully saturated rings. The Morgan fingerprint density at radius 1 is 0.909 bits per heavy atom. The molecular weight excluding hydrogens is 559 g/mol. The molecule has 1 N–H and O–H groups in total. The van der Waals surface area contributed by atoms with E-state index < -0.39 is 12.0 Å². The Labute approximate surface area is 258 Å². The van der Waals surface area contributed by atoms with Gasteiger partial charge in [0.2, 0.25) is 5.91 Å². The molecule has 232 valence electrons. The second-order valence-corrected chi connectivity index (χ2v) is 11.6. The van der Waals surface area contributed by atoms with Gasteiger partial charge in [-0.3, -0.25) is 14.5 Å². The number of anilines is 1. The van der Waals surface area contributed by atoms with Crippen molar-refractivity contribution in [3.8, 4) is 11.5 Å². The highest BCUT2D eigenvalue weighted by Gasteiger charge is 2.46. The highest BCUT2D eigenvalue weighted by atomic mass is 19.1. The third kappa shape index (κ3) is 5.98. The minimum atomic E-state index is -0.533. The first-order valence-electron chi connectivity index (χ1n) is 15.8. The molecule has 3 aromatic carbocycles. The number of rotatable bonds is 10. The standard InChI is InChI=1S/C35H41FN4O4/c1-3-43-30-22-24-14-17-40-33(29(24)23-31(30)44-4-2)32(27-8-5-6-9-28(27)35(40)42)34(41)37-15-7-16-38-18-20-39(21-19-38)26-12-10-25(36)11-13-26/h5-6,8-13,22-23,32-33H,3-4,7,14-21H2,1-2H3,(H,37,41)/t32-,33+/m0/s1. The van der Waals surface area contributed by atoms with Crippen molar-refractivity contribution in [2.45, 2.75) is 38.6 Å². The number of nitrogens with one attached hydrogen (secondary N) is 1. The zero-order valence-electron chi connectivity index (χ0n) is 25.6. The summed E-state index contributed by atoms with van der Waals surface area (Å²) in [5.41, 5.74) is 4.45. The van der Waals surface area contributed by atoms with Crippen molar-refractivity contribution in [2.24, 2.45) is 0 Å². The first kappa shape index (κ1) is 29.9. The highest BCUT2D eigenvalue weighted by molar-refractivity contribution is 6.01. The maximum atomic E-state index is 14.0. The molecule has 9 heteroatoms. The van der Waals surface area contributed by atoms with Crippen LogP contribution in [0.1, 0.15) is 59.3 Å². The number of amides is 2. The minimum Gasteiger partial charge on any atom is -0.490 e. The summed E-state index contributed by atoms with van der Waals surface area (Å²) in [6.45, 7) is 10.5. The van der Waals surface area contributed by atoms with Crippen LogP contribution in [0.5, 0.6) is 11.5 Å². The van der Waals surface area contributed by atoms with Crippen molar-refractivity contribution in [3.63, 3.8) is 0 Å². The number of ether oxygens (including phenoxy) is 2. The number of halogens is 1. The predicted octanol–water partition coefficient (Wildman–Crippen LogP) is 4.79. The van der Waals surface area contributed by atoms with Crippen molar-refractivity contribution < 1.29 is 23.5 Å². The normalized spacial score (nSPS) is 19.6. The van der Waals surface area contributed by atoms with E-state index in [9.17, 15) is 14.0 Å². The van der Waals surface area contributed by atoms with Crippen LogP contribution in [0, 0.1) is 5.82 Å². The zero-order valence-corrected chi connectivity index (χ0v) is 25.6. The molecule has 3 aromatic rings. The molecule has 3 aliphatic heterocycles. The average Bonchev–Trinajstić information content (AvgIpc) is 3.04. The van der Waals surface area contributed by atoms with Gasteiger partial charge in [-0.05, 0) is 92.4 Å². The fraction of sp³-hybridized carbons (Fsp3) is 0.429. The molecule has 0 unspecified atom stereocenters. The van der Waals surface area contributed by atoms with Crippen molar-refractivity contribution in [3.05, 3.63) is 88.7 Å². The summed E-state index contributed by atoms with van der Waals surface area (Å²) in [6, 6.07) is 17.8. The molecule has 0 aliphatic carbocycles. The number of fused-ring (bicyclic) bond motifs is 4. The van der Waals surface area contributed by atoms with Crippen LogP contribution < -0.4 is 19.7 Å². The molecule has 3 aliphatic rings. The van der Waals surface area contributed by atoms with Crippen molar-refractivity contribution in [2.75, 3.05) is 63.9 Å². The largest absolute Gasteiger partial charge is 0.490 e. The zero-order chi connectivity index (χ0) is 30.6. The van der Waals surface area contributed by atoms with Gasteiger partial charge in [0.1, 0.15) is 5.82 Å². The SMILES string of the molecule is CCOc1cc2c(cc1OCC)[C@@H]1[C@@H](C(=O)NCCCN3CCN(c4ccc(F)cc4)CC3)c3ccccc3C(=O)N1CC2. The van der Waals surface area contributed by atoms with E-state index in [0.29, 0.717) is 49.8 Å². The lowest BCUT2D eigenvalue weighted by molar-refractivity contribution is -0.124. The summed E-state index contributed by atoms with van der Waals surface area (Å²) in [4.78, 5) is 34.3. The number of hydrogen-bond donors (Lipinski definition) is 1. The van der Waals surface area contributed by atoms with E-state index in [0.717, 1.165) is 61.5 Å². The van der Waals surface area contributed by atoms with Gasteiger partial charge in [-0.1, -0.05) is 18.2 Å². The van der Waals surface area contributed by atoms with Gasteiger partial charge in [0, 0.05) is 50.5 Å². The summed E-state index contributed by atoms with van der Waals surface area (Å²) >= 11 is 0. The van der Waals surface area contributed by atoms with Crippen LogP contribution in [0.25, 0.3) is 0 Å². The molecular formula is C35H41FN4O4. The van der Waals surface area contributed by atoms with Crippen molar-refractivity contribution in [1.29, 1.82) is 0 Å².